The molecule has 0 spiro atoms. The number of amides is 3. The van der Waals surface area contributed by atoms with E-state index < -0.39 is 17.1 Å². The minimum atomic E-state index is -0.769. The summed E-state index contributed by atoms with van der Waals surface area (Å²) in [6.45, 7) is 1.67. The first-order valence-corrected chi connectivity index (χ1v) is 14.9. The molecule has 8 nitrogen and oxygen atoms in total. The average molecular weight is 637 g/mol. The number of thiazole rings is 1. The Hall–Kier alpha value is -3.67. The normalized spacial score (nSPS) is 19.8. The second-order valence-corrected chi connectivity index (χ2v) is 12.6. The summed E-state index contributed by atoms with van der Waals surface area (Å²) in [5.41, 5.74) is 2.79. The predicted octanol–water partition coefficient (Wildman–Crippen LogP) is 5.32. The Labute approximate surface area is 245 Å². The molecule has 3 amide bonds. The summed E-state index contributed by atoms with van der Waals surface area (Å²) >= 11 is 5.75. The molecule has 0 saturated carbocycles. The second kappa shape index (κ2) is 10.7. The third kappa shape index (κ3) is 4.89. The van der Waals surface area contributed by atoms with Gasteiger partial charge in [0, 0.05) is 26.5 Å². The number of anilines is 2. The van der Waals surface area contributed by atoms with E-state index in [0.717, 1.165) is 21.4 Å². The number of imide groups is 1. The quantitative estimate of drug-likeness (QED) is 0.278. The Morgan fingerprint density at radius 2 is 1.82 bits per heavy atom. The highest BCUT2D eigenvalue weighted by atomic mass is 79.9. The number of para-hydroxylation sites is 1. The number of carbonyl (C=O) groups excluding carboxylic acids is 3. The average Bonchev–Trinajstić information content (AvgIpc) is 3.42. The van der Waals surface area contributed by atoms with Gasteiger partial charge in [-0.05, 0) is 55.0 Å². The lowest BCUT2D eigenvalue weighted by molar-refractivity contribution is -0.122. The van der Waals surface area contributed by atoms with Gasteiger partial charge in [-0.15, -0.1) is 0 Å². The monoisotopic (exact) mass is 635 g/mol. The molecule has 6 rings (SSSR count). The third-order valence-electron chi connectivity index (χ3n) is 6.81. The largest absolute Gasteiger partial charge is 0.483 e. The smallest absolute Gasteiger partial charge is 0.305 e. The van der Waals surface area contributed by atoms with Crippen LogP contribution in [0.25, 0.3) is 0 Å². The number of hydrogen-bond acceptors (Lipinski definition) is 7. The Morgan fingerprint density at radius 3 is 2.60 bits per heavy atom. The molecule has 3 heterocycles. The number of fused-ring (bicyclic) bond motifs is 2. The molecule has 40 heavy (non-hydrogen) atoms. The van der Waals surface area contributed by atoms with E-state index in [2.05, 4.69) is 26.2 Å². The number of rotatable bonds is 6. The fourth-order valence-electron chi connectivity index (χ4n) is 5.14. The highest BCUT2D eigenvalue weighted by Crippen LogP contribution is 2.54. The summed E-state index contributed by atoms with van der Waals surface area (Å²) in [5.74, 6) is -2.02. The number of hydrogen-bond donors (Lipinski definition) is 2. The number of nitrogens with one attached hydrogen (secondary N) is 2. The number of aryl methyl sites for hydroxylation is 1. The fourth-order valence-corrected chi connectivity index (χ4v) is 8.03. The molecule has 3 aromatic carbocycles. The SMILES string of the molecule is Cc1cccc(NC(=O)COc2ccc(Br)cc2C2c3sc(=O)[nH]c3SC3C(=O)N(c4ccccc4)C(=O)C32)c1. The van der Waals surface area contributed by atoms with E-state index >= 15 is 0 Å². The van der Waals surface area contributed by atoms with Crippen molar-refractivity contribution in [1.29, 1.82) is 0 Å². The van der Waals surface area contributed by atoms with Gasteiger partial charge in [0.25, 0.3) is 5.91 Å². The van der Waals surface area contributed by atoms with Crippen LogP contribution in [0.1, 0.15) is 21.9 Å². The van der Waals surface area contributed by atoms with Crippen molar-refractivity contribution >= 4 is 68.1 Å². The van der Waals surface area contributed by atoms with E-state index in [1.807, 2.05) is 37.3 Å². The van der Waals surface area contributed by atoms with E-state index in [4.69, 9.17) is 4.74 Å². The number of aromatic amines is 1. The maximum Gasteiger partial charge on any atom is 0.305 e. The Kier molecular flexibility index (Phi) is 7.11. The van der Waals surface area contributed by atoms with Crippen molar-refractivity contribution < 1.29 is 19.1 Å². The molecule has 2 N–H and O–H groups in total. The van der Waals surface area contributed by atoms with Gasteiger partial charge in [0.15, 0.2) is 6.61 Å². The topological polar surface area (TPSA) is 109 Å². The van der Waals surface area contributed by atoms with Crippen molar-refractivity contribution in [3.63, 3.8) is 0 Å². The molecular weight excluding hydrogens is 614 g/mol. The molecular formula is C29H22BrN3O5S2. The highest BCUT2D eigenvalue weighted by Gasteiger charge is 2.56. The molecule has 1 aromatic heterocycles. The van der Waals surface area contributed by atoms with Crippen molar-refractivity contribution in [3.8, 4) is 5.75 Å². The summed E-state index contributed by atoms with van der Waals surface area (Å²) in [4.78, 5) is 57.2. The molecule has 3 atom stereocenters. The third-order valence-corrected chi connectivity index (χ3v) is 9.70. The van der Waals surface area contributed by atoms with Crippen molar-refractivity contribution in [2.75, 3.05) is 16.8 Å². The number of H-pyrrole nitrogens is 1. The Morgan fingerprint density at radius 1 is 1.02 bits per heavy atom. The minimum absolute atomic E-state index is 0.266. The molecule has 3 unspecified atom stereocenters. The van der Waals surface area contributed by atoms with Crippen molar-refractivity contribution in [3.05, 3.63) is 103 Å². The van der Waals surface area contributed by atoms with E-state index in [1.54, 1.807) is 42.5 Å². The molecule has 0 radical (unpaired) electrons. The van der Waals surface area contributed by atoms with E-state index in [0.29, 0.717) is 32.6 Å². The minimum Gasteiger partial charge on any atom is -0.483 e. The summed E-state index contributed by atoms with van der Waals surface area (Å²) < 4.78 is 6.75. The molecule has 0 bridgehead atoms. The van der Waals surface area contributed by atoms with Crippen LogP contribution in [0, 0.1) is 12.8 Å². The van der Waals surface area contributed by atoms with Crippen LogP contribution in [0.5, 0.6) is 5.75 Å². The summed E-state index contributed by atoms with van der Waals surface area (Å²) in [5, 5.41) is 2.67. The molecule has 4 aromatic rings. The molecule has 0 aliphatic carbocycles. The van der Waals surface area contributed by atoms with Crippen LogP contribution in [0.3, 0.4) is 0 Å². The van der Waals surface area contributed by atoms with Crippen molar-refractivity contribution in [1.82, 2.24) is 4.98 Å². The molecule has 202 valence electrons. The summed E-state index contributed by atoms with van der Waals surface area (Å²) in [6.07, 6.45) is 0. The van der Waals surface area contributed by atoms with Gasteiger partial charge >= 0.3 is 4.87 Å². The van der Waals surface area contributed by atoms with E-state index in [1.165, 1.54) is 16.7 Å². The van der Waals surface area contributed by atoms with Crippen LogP contribution in [-0.2, 0) is 14.4 Å². The summed E-state index contributed by atoms with van der Waals surface area (Å²) in [7, 11) is 0. The van der Waals surface area contributed by atoms with Crippen molar-refractivity contribution in [2.24, 2.45) is 5.92 Å². The highest BCUT2D eigenvalue weighted by molar-refractivity contribution is 9.10. The van der Waals surface area contributed by atoms with Gasteiger partial charge in [-0.3, -0.25) is 19.2 Å². The number of carbonyl (C=O) groups is 3. The first-order valence-electron chi connectivity index (χ1n) is 12.4. The predicted molar refractivity (Wildman–Crippen MR) is 158 cm³/mol. The number of halogens is 1. The number of thioether (sulfide) groups is 1. The zero-order valence-corrected chi connectivity index (χ0v) is 24.3. The molecule has 2 aliphatic heterocycles. The van der Waals surface area contributed by atoms with E-state index in [9.17, 15) is 19.2 Å². The fraction of sp³-hybridized carbons (Fsp3) is 0.172. The zero-order valence-electron chi connectivity index (χ0n) is 21.1. The maximum atomic E-state index is 13.9. The Balaban J connectivity index is 1.36. The van der Waals surface area contributed by atoms with Gasteiger partial charge in [0.1, 0.15) is 11.0 Å². The summed E-state index contributed by atoms with van der Waals surface area (Å²) in [6, 6.07) is 21.6. The van der Waals surface area contributed by atoms with Gasteiger partial charge in [-0.25, -0.2) is 4.90 Å². The number of nitrogens with zero attached hydrogens (tertiary/aromatic N) is 1. The number of ether oxygens (including phenoxy) is 1. The lowest BCUT2D eigenvalue weighted by atomic mass is 9.82. The first kappa shape index (κ1) is 26.5. The number of benzene rings is 3. The van der Waals surface area contributed by atoms with Gasteiger partial charge in [-0.1, -0.05) is 69.4 Å². The van der Waals surface area contributed by atoms with Crippen LogP contribution in [0.4, 0.5) is 11.4 Å². The standard InChI is InChI=1S/C29H22BrN3O5S2/c1-15-6-5-7-17(12-15)31-21(34)14-38-20-11-10-16(30)13-19(20)22-23-25(39-26-24(22)40-29(37)32-26)28(36)33(27(23)35)18-8-3-2-4-9-18/h2-13,22-23,25H,14H2,1H3,(H,31,34)(H,32,37). The lowest BCUT2D eigenvalue weighted by Crippen LogP contribution is -2.32. The van der Waals surface area contributed by atoms with Crippen LogP contribution in [0.2, 0.25) is 0 Å². The van der Waals surface area contributed by atoms with Crippen molar-refractivity contribution in [2.45, 2.75) is 23.1 Å². The van der Waals surface area contributed by atoms with Crippen LogP contribution in [-0.4, -0.2) is 34.6 Å². The van der Waals surface area contributed by atoms with Gasteiger partial charge in [0.2, 0.25) is 11.8 Å². The van der Waals surface area contributed by atoms with Crippen LogP contribution < -0.4 is 19.8 Å². The molecule has 1 saturated heterocycles. The first-order chi connectivity index (χ1) is 19.3. The zero-order chi connectivity index (χ0) is 28.0. The molecule has 2 aliphatic rings. The van der Waals surface area contributed by atoms with Crippen LogP contribution in [0.15, 0.2) is 87.1 Å². The van der Waals surface area contributed by atoms with Gasteiger partial charge in [-0.2, -0.15) is 0 Å². The number of aromatic nitrogens is 1. The molecule has 11 heteroatoms. The molecule has 1 fully saturated rings. The Bertz CT molecular complexity index is 1700. The second-order valence-electron chi connectivity index (χ2n) is 9.49. The van der Waals surface area contributed by atoms with Gasteiger partial charge in [0.05, 0.1) is 16.6 Å². The maximum absolute atomic E-state index is 13.9. The van der Waals surface area contributed by atoms with E-state index in [-0.39, 0.29) is 29.2 Å². The van der Waals surface area contributed by atoms with Gasteiger partial charge < -0.3 is 15.0 Å². The lowest BCUT2D eigenvalue weighted by Gasteiger charge is -2.31. The van der Waals surface area contributed by atoms with Crippen LogP contribution >= 0.6 is 39.0 Å².